The lowest BCUT2D eigenvalue weighted by atomic mass is 10.1. The quantitative estimate of drug-likeness (QED) is 0.517. The SMILES string of the molecule is CC(NC(=O)C1CN(S(=O)(=O)c2ccc(Cl)cc2)c2ccccc2O1)c1ccc(S(C)(=O)=O)cc1. The third-order valence-corrected chi connectivity index (χ3v) is 8.77. The standard InChI is InChI=1S/C24H23ClN2O6S2/c1-16(17-7-11-19(12-8-17)34(2,29)30)26-24(28)23-15-27(21-5-3-4-6-22(21)33-23)35(31,32)20-13-9-18(25)10-14-20/h3-14,16,23H,15H2,1-2H3,(H,26,28). The Morgan fingerprint density at radius 1 is 0.971 bits per heavy atom. The van der Waals surface area contributed by atoms with Crippen LogP contribution in [0.4, 0.5) is 5.69 Å². The summed E-state index contributed by atoms with van der Waals surface area (Å²) in [6, 6.07) is 18.1. The number of nitrogens with one attached hydrogen (secondary N) is 1. The van der Waals surface area contributed by atoms with Crippen LogP contribution in [0.2, 0.25) is 5.02 Å². The lowest BCUT2D eigenvalue weighted by molar-refractivity contribution is -0.128. The molecule has 11 heteroatoms. The zero-order valence-electron chi connectivity index (χ0n) is 18.9. The molecule has 1 aliphatic rings. The van der Waals surface area contributed by atoms with Gasteiger partial charge in [-0.05, 0) is 61.0 Å². The molecule has 35 heavy (non-hydrogen) atoms. The molecule has 1 heterocycles. The fourth-order valence-corrected chi connectivity index (χ4v) is 5.93. The van der Waals surface area contributed by atoms with E-state index in [-0.39, 0.29) is 22.1 Å². The van der Waals surface area contributed by atoms with Crippen LogP contribution in [-0.4, -0.2) is 41.6 Å². The van der Waals surface area contributed by atoms with Gasteiger partial charge in [0.05, 0.1) is 28.1 Å². The van der Waals surface area contributed by atoms with Crippen molar-refractivity contribution in [1.29, 1.82) is 0 Å². The molecule has 3 aromatic rings. The molecule has 1 aliphatic heterocycles. The summed E-state index contributed by atoms with van der Waals surface area (Å²) in [6.07, 6.45) is 0.0136. The number of halogens is 1. The van der Waals surface area contributed by atoms with Gasteiger partial charge in [0.25, 0.3) is 15.9 Å². The zero-order valence-corrected chi connectivity index (χ0v) is 21.3. The first-order chi connectivity index (χ1) is 16.5. The lowest BCUT2D eigenvalue weighted by Crippen LogP contribution is -2.51. The smallest absolute Gasteiger partial charge is 0.264 e. The topological polar surface area (TPSA) is 110 Å². The molecular weight excluding hydrogens is 512 g/mol. The normalized spacial score (nSPS) is 16.7. The number of anilines is 1. The number of sulfone groups is 1. The number of sulfonamides is 1. The Bertz CT molecular complexity index is 1460. The van der Waals surface area contributed by atoms with E-state index in [1.165, 1.54) is 36.4 Å². The lowest BCUT2D eigenvalue weighted by Gasteiger charge is -2.35. The second-order valence-corrected chi connectivity index (χ2v) is 12.5. The van der Waals surface area contributed by atoms with E-state index in [4.69, 9.17) is 16.3 Å². The van der Waals surface area contributed by atoms with Crippen LogP contribution in [0.15, 0.2) is 82.6 Å². The van der Waals surface area contributed by atoms with E-state index in [9.17, 15) is 21.6 Å². The summed E-state index contributed by atoms with van der Waals surface area (Å²) in [7, 11) is -7.34. The molecular formula is C24H23ClN2O6S2. The van der Waals surface area contributed by atoms with Crippen molar-refractivity contribution in [2.24, 2.45) is 0 Å². The van der Waals surface area contributed by atoms with Gasteiger partial charge in [0, 0.05) is 11.3 Å². The molecule has 0 radical (unpaired) electrons. The minimum atomic E-state index is -4.00. The maximum Gasteiger partial charge on any atom is 0.264 e. The minimum absolute atomic E-state index is 0.0390. The zero-order chi connectivity index (χ0) is 25.4. The number of hydrogen-bond donors (Lipinski definition) is 1. The number of nitrogens with zero attached hydrogens (tertiary/aromatic N) is 1. The van der Waals surface area contributed by atoms with Crippen LogP contribution in [0.25, 0.3) is 0 Å². The number of para-hydroxylation sites is 2. The number of hydrogen-bond acceptors (Lipinski definition) is 6. The highest BCUT2D eigenvalue weighted by Crippen LogP contribution is 2.37. The molecule has 0 saturated heterocycles. The van der Waals surface area contributed by atoms with Gasteiger partial charge in [-0.2, -0.15) is 0 Å². The average molecular weight is 535 g/mol. The van der Waals surface area contributed by atoms with Crippen LogP contribution in [0.5, 0.6) is 5.75 Å². The Kier molecular flexibility index (Phi) is 6.81. The first kappa shape index (κ1) is 25.0. The van der Waals surface area contributed by atoms with Gasteiger partial charge in [-0.15, -0.1) is 0 Å². The summed E-state index contributed by atoms with van der Waals surface area (Å²) in [6.45, 7) is 1.51. The highest BCUT2D eigenvalue weighted by atomic mass is 35.5. The van der Waals surface area contributed by atoms with Crippen molar-refractivity contribution in [3.05, 3.63) is 83.4 Å². The van der Waals surface area contributed by atoms with Crippen molar-refractivity contribution in [3.8, 4) is 5.75 Å². The Morgan fingerprint density at radius 2 is 1.57 bits per heavy atom. The molecule has 2 unspecified atom stereocenters. The van der Waals surface area contributed by atoms with Gasteiger partial charge in [0.2, 0.25) is 0 Å². The summed E-state index contributed by atoms with van der Waals surface area (Å²) >= 11 is 5.91. The predicted molar refractivity (Wildman–Crippen MR) is 133 cm³/mol. The summed E-state index contributed by atoms with van der Waals surface area (Å²) in [5.41, 5.74) is 1.02. The Labute approximate surface area is 209 Å². The van der Waals surface area contributed by atoms with E-state index in [2.05, 4.69) is 5.32 Å². The predicted octanol–water partition coefficient (Wildman–Crippen LogP) is 3.58. The molecule has 4 rings (SSSR count). The maximum atomic E-state index is 13.4. The van der Waals surface area contributed by atoms with Crippen LogP contribution < -0.4 is 14.4 Å². The van der Waals surface area contributed by atoms with Gasteiger partial charge >= 0.3 is 0 Å². The van der Waals surface area contributed by atoms with E-state index in [0.29, 0.717) is 16.3 Å². The Hall–Kier alpha value is -3.08. The molecule has 3 aromatic carbocycles. The van der Waals surface area contributed by atoms with Crippen molar-refractivity contribution in [2.75, 3.05) is 17.1 Å². The van der Waals surface area contributed by atoms with Crippen molar-refractivity contribution in [2.45, 2.75) is 28.9 Å². The molecule has 8 nitrogen and oxygen atoms in total. The van der Waals surface area contributed by atoms with E-state index in [0.717, 1.165) is 10.6 Å². The number of ether oxygens (including phenoxy) is 1. The Morgan fingerprint density at radius 3 is 2.20 bits per heavy atom. The van der Waals surface area contributed by atoms with E-state index < -0.39 is 37.9 Å². The number of rotatable bonds is 6. The molecule has 0 fully saturated rings. The van der Waals surface area contributed by atoms with Crippen LogP contribution >= 0.6 is 11.6 Å². The summed E-state index contributed by atoms with van der Waals surface area (Å²) in [4.78, 5) is 13.3. The second-order valence-electron chi connectivity index (χ2n) is 8.14. The van der Waals surface area contributed by atoms with Crippen molar-refractivity contribution >= 4 is 43.1 Å². The van der Waals surface area contributed by atoms with Crippen LogP contribution in [0.1, 0.15) is 18.5 Å². The molecule has 0 saturated carbocycles. The van der Waals surface area contributed by atoms with Gasteiger partial charge in [-0.3, -0.25) is 9.10 Å². The molecule has 0 spiro atoms. The van der Waals surface area contributed by atoms with Crippen LogP contribution in [0, 0.1) is 0 Å². The summed E-state index contributed by atoms with van der Waals surface area (Å²) in [5.74, 6) is -0.239. The van der Waals surface area contributed by atoms with Crippen LogP contribution in [0.3, 0.4) is 0 Å². The van der Waals surface area contributed by atoms with Crippen molar-refractivity contribution in [3.63, 3.8) is 0 Å². The molecule has 0 aromatic heterocycles. The molecule has 0 bridgehead atoms. The largest absolute Gasteiger partial charge is 0.476 e. The third kappa shape index (κ3) is 5.29. The fourth-order valence-electron chi connectivity index (χ4n) is 3.69. The first-order valence-electron chi connectivity index (χ1n) is 10.6. The number of amides is 1. The van der Waals surface area contributed by atoms with Crippen molar-refractivity contribution < 1.29 is 26.4 Å². The van der Waals surface area contributed by atoms with Gasteiger partial charge < -0.3 is 10.1 Å². The third-order valence-electron chi connectivity index (χ3n) is 5.60. The molecule has 184 valence electrons. The second kappa shape index (κ2) is 9.52. The van der Waals surface area contributed by atoms with E-state index in [1.807, 2.05) is 0 Å². The Balaban J connectivity index is 1.58. The monoisotopic (exact) mass is 534 g/mol. The summed E-state index contributed by atoms with van der Waals surface area (Å²) in [5, 5.41) is 3.23. The van der Waals surface area contributed by atoms with Crippen molar-refractivity contribution in [1.82, 2.24) is 5.32 Å². The minimum Gasteiger partial charge on any atom is -0.476 e. The van der Waals surface area contributed by atoms with Crippen LogP contribution in [-0.2, 0) is 24.7 Å². The first-order valence-corrected chi connectivity index (χ1v) is 14.3. The fraction of sp³-hybridized carbons (Fsp3) is 0.208. The molecule has 1 amide bonds. The van der Waals surface area contributed by atoms with Gasteiger partial charge in [-0.1, -0.05) is 35.9 Å². The van der Waals surface area contributed by atoms with Gasteiger partial charge in [-0.25, -0.2) is 16.8 Å². The number of benzene rings is 3. The number of fused-ring (bicyclic) bond motifs is 1. The summed E-state index contributed by atoms with van der Waals surface area (Å²) < 4.78 is 57.2. The molecule has 2 atom stereocenters. The molecule has 0 aliphatic carbocycles. The number of carbonyl (C=O) groups excluding carboxylic acids is 1. The van der Waals surface area contributed by atoms with Gasteiger partial charge in [0.1, 0.15) is 5.75 Å². The van der Waals surface area contributed by atoms with Gasteiger partial charge in [0.15, 0.2) is 15.9 Å². The highest BCUT2D eigenvalue weighted by molar-refractivity contribution is 7.92. The highest BCUT2D eigenvalue weighted by Gasteiger charge is 2.37. The van der Waals surface area contributed by atoms with E-state index in [1.54, 1.807) is 43.3 Å². The molecule has 1 N–H and O–H groups in total. The maximum absolute atomic E-state index is 13.4. The average Bonchev–Trinajstić information content (AvgIpc) is 2.83. The number of carbonyl (C=O) groups is 1. The van der Waals surface area contributed by atoms with E-state index >= 15 is 0 Å².